The number of para-hydroxylation sites is 1. The highest BCUT2D eigenvalue weighted by molar-refractivity contribution is 6.42. The van der Waals surface area contributed by atoms with Crippen molar-refractivity contribution in [2.75, 3.05) is 26.2 Å². The lowest BCUT2D eigenvalue weighted by Gasteiger charge is -2.34. The Bertz CT molecular complexity index is 1110. The molecule has 2 aromatic carbocycles. The van der Waals surface area contributed by atoms with E-state index in [1.165, 1.54) is 6.08 Å². The summed E-state index contributed by atoms with van der Waals surface area (Å²) in [4.78, 5) is 32.0. The van der Waals surface area contributed by atoms with Crippen molar-refractivity contribution in [3.8, 4) is 0 Å². The fraction of sp³-hybridized carbons (Fsp3) is 0.217. The SMILES string of the molecule is O=C(/C=C/c1ccc(Cl)c(Cl)c1)N1CCN(C(=O)Cc2c[nH]c3ccccc23)CC1. The van der Waals surface area contributed by atoms with Crippen LogP contribution in [-0.4, -0.2) is 52.8 Å². The summed E-state index contributed by atoms with van der Waals surface area (Å²) in [5, 5.41) is 2.01. The number of aromatic nitrogens is 1. The Balaban J connectivity index is 1.31. The molecule has 0 unspecified atom stereocenters. The van der Waals surface area contributed by atoms with Crippen LogP contribution >= 0.6 is 23.2 Å². The van der Waals surface area contributed by atoms with Gasteiger partial charge in [-0.3, -0.25) is 9.59 Å². The summed E-state index contributed by atoms with van der Waals surface area (Å²) in [6.07, 6.45) is 5.51. The van der Waals surface area contributed by atoms with Crippen LogP contribution in [0.5, 0.6) is 0 Å². The smallest absolute Gasteiger partial charge is 0.246 e. The van der Waals surface area contributed by atoms with Gasteiger partial charge in [-0.15, -0.1) is 0 Å². The van der Waals surface area contributed by atoms with E-state index >= 15 is 0 Å². The lowest BCUT2D eigenvalue weighted by Crippen LogP contribution is -2.50. The Labute approximate surface area is 184 Å². The predicted octanol–water partition coefficient (Wildman–Crippen LogP) is 4.40. The number of nitrogens with zero attached hydrogens (tertiary/aromatic N) is 2. The minimum absolute atomic E-state index is 0.0789. The molecule has 0 atom stereocenters. The van der Waals surface area contributed by atoms with Crippen LogP contribution in [0.15, 0.2) is 54.7 Å². The van der Waals surface area contributed by atoms with Gasteiger partial charge in [0.05, 0.1) is 16.5 Å². The number of amides is 2. The topological polar surface area (TPSA) is 56.4 Å². The van der Waals surface area contributed by atoms with Crippen LogP contribution in [0, 0.1) is 0 Å². The van der Waals surface area contributed by atoms with Gasteiger partial charge < -0.3 is 14.8 Å². The molecule has 0 spiro atoms. The van der Waals surface area contributed by atoms with Crippen molar-refractivity contribution in [3.63, 3.8) is 0 Å². The Kier molecular flexibility index (Phi) is 6.11. The third kappa shape index (κ3) is 4.53. The van der Waals surface area contributed by atoms with E-state index in [0.29, 0.717) is 42.6 Å². The minimum Gasteiger partial charge on any atom is -0.361 e. The number of nitrogens with one attached hydrogen (secondary N) is 1. The highest BCUT2D eigenvalue weighted by atomic mass is 35.5. The van der Waals surface area contributed by atoms with Gasteiger partial charge in [0.25, 0.3) is 0 Å². The predicted molar refractivity (Wildman–Crippen MR) is 121 cm³/mol. The van der Waals surface area contributed by atoms with Gasteiger partial charge >= 0.3 is 0 Å². The molecule has 1 saturated heterocycles. The fourth-order valence-corrected chi connectivity index (χ4v) is 3.92. The molecule has 0 aliphatic carbocycles. The zero-order chi connectivity index (χ0) is 21.1. The molecule has 1 N–H and O–H groups in total. The van der Waals surface area contributed by atoms with E-state index in [2.05, 4.69) is 4.98 Å². The third-order valence-corrected chi connectivity index (χ3v) is 6.06. The maximum absolute atomic E-state index is 12.7. The molecule has 1 fully saturated rings. The van der Waals surface area contributed by atoms with Crippen LogP contribution < -0.4 is 0 Å². The van der Waals surface area contributed by atoms with Crippen LogP contribution in [0.4, 0.5) is 0 Å². The number of carbonyl (C=O) groups is 2. The van der Waals surface area contributed by atoms with Crippen molar-refractivity contribution >= 4 is 52.0 Å². The minimum atomic E-state index is -0.0789. The lowest BCUT2D eigenvalue weighted by molar-refractivity contribution is -0.136. The molecule has 2 heterocycles. The second kappa shape index (κ2) is 8.94. The molecule has 0 saturated carbocycles. The van der Waals surface area contributed by atoms with Crippen molar-refractivity contribution in [1.29, 1.82) is 0 Å². The number of rotatable bonds is 4. The highest BCUT2D eigenvalue weighted by Gasteiger charge is 2.23. The standard InChI is InChI=1S/C23H21Cl2N3O2/c24-19-7-5-16(13-20(19)25)6-8-22(29)27-9-11-28(12-10-27)23(30)14-17-15-26-21-4-2-1-3-18(17)21/h1-8,13,15,26H,9-12,14H2/b8-6+. The van der Waals surface area contributed by atoms with Gasteiger partial charge in [-0.05, 0) is 35.4 Å². The van der Waals surface area contributed by atoms with E-state index < -0.39 is 0 Å². The van der Waals surface area contributed by atoms with Crippen LogP contribution in [-0.2, 0) is 16.0 Å². The van der Waals surface area contributed by atoms with Crippen LogP contribution in [0.1, 0.15) is 11.1 Å². The van der Waals surface area contributed by atoms with E-state index in [4.69, 9.17) is 23.2 Å². The maximum Gasteiger partial charge on any atom is 0.246 e. The molecule has 4 rings (SSSR count). The van der Waals surface area contributed by atoms with Crippen LogP contribution in [0.2, 0.25) is 10.0 Å². The summed E-state index contributed by atoms with van der Waals surface area (Å²) in [6, 6.07) is 13.2. The molecule has 3 aromatic rings. The largest absolute Gasteiger partial charge is 0.361 e. The summed E-state index contributed by atoms with van der Waals surface area (Å²) >= 11 is 11.9. The average molecular weight is 442 g/mol. The van der Waals surface area contributed by atoms with E-state index in [0.717, 1.165) is 22.0 Å². The Hall–Kier alpha value is -2.76. The molecular weight excluding hydrogens is 421 g/mol. The number of halogens is 2. The molecule has 1 aliphatic rings. The number of H-pyrrole nitrogens is 1. The zero-order valence-electron chi connectivity index (χ0n) is 16.3. The first-order valence-electron chi connectivity index (χ1n) is 9.76. The van der Waals surface area contributed by atoms with Gasteiger partial charge in [0, 0.05) is 49.4 Å². The molecule has 0 radical (unpaired) electrons. The number of hydrogen-bond donors (Lipinski definition) is 1. The number of aromatic amines is 1. The number of benzene rings is 2. The highest BCUT2D eigenvalue weighted by Crippen LogP contribution is 2.23. The van der Waals surface area contributed by atoms with Crippen LogP contribution in [0.3, 0.4) is 0 Å². The first kappa shape index (κ1) is 20.5. The summed E-state index contributed by atoms with van der Waals surface area (Å²) in [5.74, 6) is 0.00278. The Morgan fingerprint density at radius 1 is 0.967 bits per heavy atom. The number of carbonyl (C=O) groups excluding carboxylic acids is 2. The monoisotopic (exact) mass is 441 g/mol. The van der Waals surface area contributed by atoms with Gasteiger partial charge in [0.2, 0.25) is 11.8 Å². The van der Waals surface area contributed by atoms with E-state index in [1.807, 2.05) is 35.4 Å². The van der Waals surface area contributed by atoms with Crippen molar-refractivity contribution in [2.45, 2.75) is 6.42 Å². The quantitative estimate of drug-likeness (QED) is 0.609. The molecule has 5 nitrogen and oxygen atoms in total. The van der Waals surface area contributed by atoms with Gasteiger partial charge in [-0.25, -0.2) is 0 Å². The summed E-state index contributed by atoms with van der Waals surface area (Å²) in [7, 11) is 0. The van der Waals surface area contributed by atoms with E-state index in [9.17, 15) is 9.59 Å². The summed E-state index contributed by atoms with van der Waals surface area (Å²) < 4.78 is 0. The number of piperazine rings is 1. The first-order valence-corrected chi connectivity index (χ1v) is 10.5. The lowest BCUT2D eigenvalue weighted by atomic mass is 10.1. The maximum atomic E-state index is 12.7. The summed E-state index contributed by atoms with van der Waals surface area (Å²) in [5.41, 5.74) is 2.84. The molecule has 30 heavy (non-hydrogen) atoms. The Morgan fingerprint density at radius 2 is 1.70 bits per heavy atom. The third-order valence-electron chi connectivity index (χ3n) is 5.32. The van der Waals surface area contributed by atoms with Crippen molar-refractivity contribution in [1.82, 2.24) is 14.8 Å². The van der Waals surface area contributed by atoms with Gasteiger partial charge in [-0.2, -0.15) is 0 Å². The fourth-order valence-electron chi connectivity index (χ4n) is 3.62. The van der Waals surface area contributed by atoms with Gasteiger partial charge in [0.1, 0.15) is 0 Å². The average Bonchev–Trinajstić information content (AvgIpc) is 3.17. The van der Waals surface area contributed by atoms with Crippen molar-refractivity contribution in [3.05, 3.63) is 75.9 Å². The molecule has 154 valence electrons. The second-order valence-electron chi connectivity index (χ2n) is 7.25. The first-order chi connectivity index (χ1) is 14.5. The molecule has 0 bridgehead atoms. The molecule has 1 aliphatic heterocycles. The van der Waals surface area contributed by atoms with E-state index in [1.54, 1.807) is 29.2 Å². The molecular formula is C23H21Cl2N3O2. The summed E-state index contributed by atoms with van der Waals surface area (Å²) in [6.45, 7) is 2.11. The second-order valence-corrected chi connectivity index (χ2v) is 8.06. The normalized spacial score (nSPS) is 14.6. The molecule has 2 amide bonds. The van der Waals surface area contributed by atoms with E-state index in [-0.39, 0.29) is 11.8 Å². The Morgan fingerprint density at radius 3 is 2.47 bits per heavy atom. The van der Waals surface area contributed by atoms with Crippen molar-refractivity contribution in [2.24, 2.45) is 0 Å². The molecule has 7 heteroatoms. The molecule has 1 aromatic heterocycles. The van der Waals surface area contributed by atoms with Gasteiger partial charge in [-0.1, -0.05) is 47.5 Å². The van der Waals surface area contributed by atoms with Crippen LogP contribution in [0.25, 0.3) is 17.0 Å². The number of hydrogen-bond acceptors (Lipinski definition) is 2. The van der Waals surface area contributed by atoms with Crippen molar-refractivity contribution < 1.29 is 9.59 Å². The van der Waals surface area contributed by atoms with Gasteiger partial charge in [0.15, 0.2) is 0 Å². The zero-order valence-corrected chi connectivity index (χ0v) is 17.8. The number of fused-ring (bicyclic) bond motifs is 1.